The Kier molecular flexibility index (Phi) is 39.5. The number of aliphatic hydroxyl groups is 1. The van der Waals surface area contributed by atoms with Crippen molar-refractivity contribution in [2.75, 3.05) is 19.8 Å². The zero-order chi connectivity index (χ0) is 43.5. The molecule has 3 unspecified atom stereocenters. The lowest BCUT2D eigenvalue weighted by molar-refractivity contribution is -0.147. The van der Waals surface area contributed by atoms with Gasteiger partial charge in [-0.1, -0.05) is 151 Å². The Labute approximate surface area is 357 Å². The molecule has 0 aromatic carbocycles. The lowest BCUT2D eigenvalue weighted by Gasteiger charge is -2.18. The lowest BCUT2D eigenvalue weighted by Crippen LogP contribution is -2.43. The van der Waals surface area contributed by atoms with Gasteiger partial charge in [0.05, 0.1) is 13.2 Å². The van der Waals surface area contributed by atoms with E-state index in [2.05, 4.69) is 92.1 Å². The highest BCUT2D eigenvalue weighted by Crippen LogP contribution is 2.43. The second-order valence-corrected chi connectivity index (χ2v) is 16.3. The number of hydrogen-bond donors (Lipinski definition) is 4. The summed E-state index contributed by atoms with van der Waals surface area (Å²) in [6, 6.07) is -1.56. The number of rotatable bonds is 41. The molecule has 0 aliphatic carbocycles. The smallest absolute Gasteiger partial charge is 0.472 e. The number of unbranched alkanes of at least 4 members (excludes halogenated alkanes) is 15. The number of phosphoric acid groups is 1. The summed E-state index contributed by atoms with van der Waals surface area (Å²) < 4.78 is 26.8. The van der Waals surface area contributed by atoms with Gasteiger partial charge in [-0.05, 0) is 83.5 Å². The van der Waals surface area contributed by atoms with Gasteiger partial charge in [-0.2, -0.15) is 0 Å². The Hall–Kier alpha value is -3.08. The summed E-state index contributed by atoms with van der Waals surface area (Å²) in [5.74, 6) is -2.43. The van der Waals surface area contributed by atoms with E-state index >= 15 is 0 Å². The molecule has 0 saturated heterocycles. The van der Waals surface area contributed by atoms with Gasteiger partial charge in [-0.15, -0.1) is 0 Å². The molecule has 11 nitrogen and oxygen atoms in total. The van der Waals surface area contributed by atoms with Crippen molar-refractivity contribution in [1.29, 1.82) is 0 Å². The normalized spacial score (nSPS) is 14.4. The van der Waals surface area contributed by atoms with Crippen LogP contribution in [0.3, 0.4) is 0 Å². The van der Waals surface area contributed by atoms with E-state index < -0.39 is 57.6 Å². The van der Waals surface area contributed by atoms with Gasteiger partial charge in [0.2, 0.25) is 5.91 Å². The number of hydrogen-bond acceptors (Lipinski definition) is 8. The second-order valence-electron chi connectivity index (χ2n) is 14.9. The van der Waals surface area contributed by atoms with Crippen LogP contribution in [0.15, 0.2) is 72.9 Å². The van der Waals surface area contributed by atoms with E-state index in [0.29, 0.717) is 12.8 Å². The zero-order valence-corrected chi connectivity index (χ0v) is 37.4. The maximum absolute atomic E-state index is 12.3. The first-order chi connectivity index (χ1) is 28.6. The van der Waals surface area contributed by atoms with Crippen LogP contribution in [0.1, 0.15) is 174 Å². The average molecular weight is 850 g/mol. The Morgan fingerprint density at radius 1 is 0.559 bits per heavy atom. The molecule has 4 N–H and O–H groups in total. The summed E-state index contributed by atoms with van der Waals surface area (Å²) in [6.45, 7) is 2.43. The Balaban J connectivity index is 3.97. The van der Waals surface area contributed by atoms with Gasteiger partial charge in [0.25, 0.3) is 0 Å². The minimum Gasteiger partial charge on any atom is -0.480 e. The van der Waals surface area contributed by atoms with Crippen molar-refractivity contribution in [3.05, 3.63) is 72.9 Å². The molecule has 0 bridgehead atoms. The highest BCUT2D eigenvalue weighted by molar-refractivity contribution is 7.47. The molecule has 0 aliphatic heterocycles. The number of esters is 1. The quantitative estimate of drug-likeness (QED) is 0.0201. The number of amides is 1. The number of aliphatic hydroxyl groups excluding tert-OH is 1. The lowest BCUT2D eigenvalue weighted by atomic mass is 10.1. The molecule has 0 radical (unpaired) electrons. The monoisotopic (exact) mass is 850 g/mol. The van der Waals surface area contributed by atoms with E-state index in [1.165, 1.54) is 44.9 Å². The van der Waals surface area contributed by atoms with Crippen molar-refractivity contribution in [2.45, 2.75) is 187 Å². The molecule has 0 aromatic heterocycles. The zero-order valence-electron chi connectivity index (χ0n) is 36.5. The minimum absolute atomic E-state index is 0.130. The maximum Gasteiger partial charge on any atom is 0.472 e. The molecule has 0 spiro atoms. The maximum atomic E-state index is 12.3. The predicted octanol–water partition coefficient (Wildman–Crippen LogP) is 11.7. The molecule has 0 heterocycles. The summed E-state index contributed by atoms with van der Waals surface area (Å²) in [5, 5.41) is 21.8. The summed E-state index contributed by atoms with van der Waals surface area (Å²) in [5.41, 5.74) is 0. The first-order valence-electron chi connectivity index (χ1n) is 22.5. The van der Waals surface area contributed by atoms with Crippen LogP contribution in [0, 0.1) is 0 Å². The molecular weight excluding hydrogens is 769 g/mol. The fraction of sp³-hybridized carbons (Fsp3) is 0.681. The first kappa shape index (κ1) is 55.9. The van der Waals surface area contributed by atoms with Gasteiger partial charge in [0.1, 0.15) is 12.7 Å². The third kappa shape index (κ3) is 41.4. The molecule has 0 aromatic rings. The van der Waals surface area contributed by atoms with E-state index in [4.69, 9.17) is 13.8 Å². The molecule has 0 aliphatic rings. The topological polar surface area (TPSA) is 169 Å². The molecular formula is C47H80NO10P. The van der Waals surface area contributed by atoms with Gasteiger partial charge in [0, 0.05) is 12.8 Å². The first-order valence-corrected chi connectivity index (χ1v) is 24.0. The van der Waals surface area contributed by atoms with Crippen molar-refractivity contribution in [1.82, 2.24) is 5.32 Å². The summed E-state index contributed by atoms with van der Waals surface area (Å²) >= 11 is 0. The van der Waals surface area contributed by atoms with Gasteiger partial charge < -0.3 is 25.2 Å². The number of carbonyl (C=O) groups excluding carboxylic acids is 2. The molecule has 1 amide bonds. The standard InChI is InChI=1S/C47H80NO10P/c1-3-5-7-9-11-13-15-17-19-21-22-23-25-27-29-31-33-35-37-39-46(51)56-40-43(49)41-57-59(54,55)58-42-44(47(52)53)48-45(50)38-36-34-32-30-28-26-24-20-18-16-14-12-10-8-6-4-2/h5,7,11,13,17,19-20,22-24,27,29,43-44,49H,3-4,6,8-10,12,14-16,18,21,25-26,28,30-42H2,1-2H3,(H,48,50)(H,52,53)(H,54,55)/b7-5-,13-11-,19-17-,23-22-,24-20-,29-27-. The number of carboxylic acid groups (broad SMARTS) is 1. The highest BCUT2D eigenvalue weighted by atomic mass is 31.2. The third-order valence-electron chi connectivity index (χ3n) is 9.23. The van der Waals surface area contributed by atoms with E-state index in [1.54, 1.807) is 0 Å². The molecule has 3 atom stereocenters. The van der Waals surface area contributed by atoms with Gasteiger partial charge >= 0.3 is 19.8 Å². The highest BCUT2D eigenvalue weighted by Gasteiger charge is 2.28. The van der Waals surface area contributed by atoms with Crippen molar-refractivity contribution in [3.63, 3.8) is 0 Å². The molecule has 338 valence electrons. The van der Waals surface area contributed by atoms with Crippen molar-refractivity contribution >= 4 is 25.7 Å². The van der Waals surface area contributed by atoms with E-state index in [1.807, 2.05) is 0 Å². The summed E-state index contributed by atoms with van der Waals surface area (Å²) in [4.78, 5) is 45.9. The second kappa shape index (κ2) is 41.6. The molecule has 59 heavy (non-hydrogen) atoms. The Morgan fingerprint density at radius 2 is 0.983 bits per heavy atom. The van der Waals surface area contributed by atoms with Crippen LogP contribution in [-0.4, -0.2) is 64.9 Å². The van der Waals surface area contributed by atoms with Crippen LogP contribution < -0.4 is 5.32 Å². The van der Waals surface area contributed by atoms with Gasteiger partial charge in [0.15, 0.2) is 6.04 Å². The van der Waals surface area contributed by atoms with Gasteiger partial charge in [-0.3, -0.25) is 18.6 Å². The number of carboxylic acids is 1. The number of nitrogens with one attached hydrogen (secondary N) is 1. The van der Waals surface area contributed by atoms with Crippen LogP contribution in [0.2, 0.25) is 0 Å². The predicted molar refractivity (Wildman–Crippen MR) is 240 cm³/mol. The summed E-state index contributed by atoms with van der Waals surface area (Å²) in [6.07, 6.45) is 49.2. The molecule has 0 saturated carbocycles. The number of ether oxygens (including phenoxy) is 1. The van der Waals surface area contributed by atoms with Crippen LogP contribution in [0.4, 0.5) is 0 Å². The number of phosphoric ester groups is 1. The third-order valence-corrected chi connectivity index (χ3v) is 10.2. The van der Waals surface area contributed by atoms with Crippen molar-refractivity contribution < 1.29 is 47.8 Å². The fourth-order valence-corrected chi connectivity index (χ4v) is 6.52. The minimum atomic E-state index is -4.77. The van der Waals surface area contributed by atoms with Crippen LogP contribution in [0.25, 0.3) is 0 Å². The van der Waals surface area contributed by atoms with Crippen LogP contribution in [0.5, 0.6) is 0 Å². The molecule has 0 fully saturated rings. The van der Waals surface area contributed by atoms with Crippen molar-refractivity contribution in [2.24, 2.45) is 0 Å². The molecule has 0 rings (SSSR count). The van der Waals surface area contributed by atoms with E-state index in [-0.39, 0.29) is 12.8 Å². The Bertz CT molecular complexity index is 1280. The fourth-order valence-electron chi connectivity index (χ4n) is 5.75. The van der Waals surface area contributed by atoms with E-state index in [0.717, 1.165) is 89.9 Å². The number of aliphatic carboxylic acids is 1. The number of allylic oxidation sites excluding steroid dienone is 12. The SMILES string of the molecule is CC/C=C\C/C=C\C/C=C\C/C=C\C/C=C\CCCCCC(=O)OCC(O)COP(=O)(O)OCC(NC(=O)CCCCCCC/C=C\CCCCCCCCC)C(=O)O. The molecule has 12 heteroatoms. The Morgan fingerprint density at radius 3 is 1.51 bits per heavy atom. The average Bonchev–Trinajstić information content (AvgIpc) is 3.21. The van der Waals surface area contributed by atoms with Crippen molar-refractivity contribution in [3.8, 4) is 0 Å². The van der Waals surface area contributed by atoms with Crippen LogP contribution >= 0.6 is 7.82 Å². The van der Waals surface area contributed by atoms with Gasteiger partial charge in [-0.25, -0.2) is 9.36 Å². The summed E-state index contributed by atoms with van der Waals surface area (Å²) in [7, 11) is -4.77. The largest absolute Gasteiger partial charge is 0.480 e. The van der Waals surface area contributed by atoms with E-state index in [9.17, 15) is 34.1 Å². The van der Waals surface area contributed by atoms with Crippen LogP contribution in [-0.2, 0) is 32.7 Å². The number of carbonyl (C=O) groups is 3.